The zero-order chi connectivity index (χ0) is 26.4. The van der Waals surface area contributed by atoms with E-state index in [9.17, 15) is 19.2 Å². The molecule has 1 heterocycles. The molecule has 0 aliphatic carbocycles. The third-order valence-electron chi connectivity index (χ3n) is 5.55. The molecule has 9 nitrogen and oxygen atoms in total. The summed E-state index contributed by atoms with van der Waals surface area (Å²) >= 11 is 0. The van der Waals surface area contributed by atoms with Gasteiger partial charge in [0.1, 0.15) is 23.7 Å². The van der Waals surface area contributed by atoms with Gasteiger partial charge in [0, 0.05) is 18.2 Å². The summed E-state index contributed by atoms with van der Waals surface area (Å²) in [6.45, 7) is 1.62. The molecule has 1 saturated heterocycles. The minimum Gasteiger partial charge on any atom is -0.496 e. The van der Waals surface area contributed by atoms with Gasteiger partial charge in [-0.3, -0.25) is 24.6 Å². The molecule has 0 aromatic heterocycles. The average molecular weight is 500 g/mol. The van der Waals surface area contributed by atoms with Gasteiger partial charge in [0.25, 0.3) is 11.8 Å². The van der Waals surface area contributed by atoms with Crippen molar-refractivity contribution in [2.75, 3.05) is 12.4 Å². The van der Waals surface area contributed by atoms with E-state index in [-0.39, 0.29) is 24.6 Å². The highest BCUT2D eigenvalue weighted by atomic mass is 16.5. The molecule has 0 radical (unpaired) electrons. The van der Waals surface area contributed by atoms with Crippen LogP contribution in [0, 0.1) is 0 Å². The standard InChI is InChI=1S/C28H25N3O6/c1-18(32)29-22-9-11-23(12-10-22)37-17-21-14-20(8-13-25(21)36-2)15-24-26(33)30-28(35)31(27(24)34)16-19-6-4-3-5-7-19/h3-15H,16-17H2,1-2H3,(H,29,32)(H,30,33,35)/b24-15+. The van der Waals surface area contributed by atoms with E-state index in [2.05, 4.69) is 10.6 Å². The number of benzene rings is 3. The second-order valence-corrected chi connectivity index (χ2v) is 8.26. The summed E-state index contributed by atoms with van der Waals surface area (Å²) in [5.74, 6) is -0.450. The Bertz CT molecular complexity index is 1370. The van der Waals surface area contributed by atoms with E-state index in [0.717, 1.165) is 10.5 Å². The average Bonchev–Trinajstić information content (AvgIpc) is 2.89. The Labute approximate surface area is 213 Å². The van der Waals surface area contributed by atoms with Crippen LogP contribution < -0.4 is 20.1 Å². The summed E-state index contributed by atoms with van der Waals surface area (Å²) in [4.78, 5) is 50.1. The Kier molecular flexibility index (Phi) is 7.63. The molecule has 1 fully saturated rings. The molecule has 0 unspecified atom stereocenters. The number of methoxy groups -OCH3 is 1. The number of rotatable bonds is 8. The zero-order valence-electron chi connectivity index (χ0n) is 20.3. The Balaban J connectivity index is 1.53. The number of carbonyl (C=O) groups is 4. The van der Waals surface area contributed by atoms with Gasteiger partial charge < -0.3 is 14.8 Å². The van der Waals surface area contributed by atoms with Crippen molar-refractivity contribution in [3.05, 3.63) is 95.1 Å². The lowest BCUT2D eigenvalue weighted by Crippen LogP contribution is -2.53. The molecule has 2 N–H and O–H groups in total. The van der Waals surface area contributed by atoms with Gasteiger partial charge in [-0.2, -0.15) is 0 Å². The van der Waals surface area contributed by atoms with Gasteiger partial charge in [-0.05, 0) is 53.6 Å². The van der Waals surface area contributed by atoms with Crippen LogP contribution in [-0.2, 0) is 27.5 Å². The molecule has 188 valence electrons. The van der Waals surface area contributed by atoms with Crippen molar-refractivity contribution in [3.63, 3.8) is 0 Å². The van der Waals surface area contributed by atoms with Crippen molar-refractivity contribution < 1.29 is 28.7 Å². The smallest absolute Gasteiger partial charge is 0.331 e. The molecule has 3 aromatic rings. The Morgan fingerprint density at radius 1 is 1.00 bits per heavy atom. The van der Waals surface area contributed by atoms with Crippen molar-refractivity contribution in [2.24, 2.45) is 0 Å². The maximum Gasteiger partial charge on any atom is 0.331 e. The summed E-state index contributed by atoms with van der Waals surface area (Å²) in [5.41, 5.74) is 2.51. The first-order valence-corrected chi connectivity index (χ1v) is 11.4. The largest absolute Gasteiger partial charge is 0.496 e. The molecule has 0 bridgehead atoms. The molecule has 9 heteroatoms. The van der Waals surface area contributed by atoms with Crippen molar-refractivity contribution >= 4 is 35.5 Å². The normalized spacial score (nSPS) is 14.4. The van der Waals surface area contributed by atoms with Gasteiger partial charge in [-0.15, -0.1) is 0 Å². The minimum atomic E-state index is -0.760. The molecule has 0 saturated carbocycles. The molecule has 0 atom stereocenters. The maximum absolute atomic E-state index is 13.1. The molecule has 4 rings (SSSR count). The molecule has 3 aromatic carbocycles. The minimum absolute atomic E-state index is 0.0402. The lowest BCUT2D eigenvalue weighted by Gasteiger charge is -2.26. The third-order valence-corrected chi connectivity index (χ3v) is 5.55. The van der Waals surface area contributed by atoms with Crippen LogP contribution in [0.1, 0.15) is 23.6 Å². The van der Waals surface area contributed by atoms with Crippen LogP contribution >= 0.6 is 0 Å². The first-order chi connectivity index (χ1) is 17.8. The molecule has 37 heavy (non-hydrogen) atoms. The van der Waals surface area contributed by atoms with Gasteiger partial charge in [0.05, 0.1) is 13.7 Å². The fraction of sp³-hybridized carbons (Fsp3) is 0.143. The number of nitrogens with zero attached hydrogens (tertiary/aromatic N) is 1. The number of carbonyl (C=O) groups excluding carboxylic acids is 4. The summed E-state index contributed by atoms with van der Waals surface area (Å²) < 4.78 is 11.3. The van der Waals surface area contributed by atoms with Crippen LogP contribution in [0.5, 0.6) is 11.5 Å². The van der Waals surface area contributed by atoms with Crippen LogP contribution in [0.3, 0.4) is 0 Å². The second-order valence-electron chi connectivity index (χ2n) is 8.26. The number of hydrogen-bond donors (Lipinski definition) is 2. The van der Waals surface area contributed by atoms with Gasteiger partial charge in [0.15, 0.2) is 0 Å². The number of amides is 5. The highest BCUT2D eigenvalue weighted by Gasteiger charge is 2.35. The van der Waals surface area contributed by atoms with E-state index >= 15 is 0 Å². The number of ether oxygens (including phenoxy) is 2. The summed E-state index contributed by atoms with van der Waals surface area (Å²) in [5, 5.41) is 4.92. The zero-order valence-corrected chi connectivity index (χ0v) is 20.3. The first-order valence-electron chi connectivity index (χ1n) is 11.4. The van der Waals surface area contributed by atoms with Crippen LogP contribution in [-0.4, -0.2) is 35.8 Å². The topological polar surface area (TPSA) is 114 Å². The lowest BCUT2D eigenvalue weighted by atomic mass is 10.0. The van der Waals surface area contributed by atoms with E-state index < -0.39 is 17.8 Å². The Morgan fingerprint density at radius 3 is 2.41 bits per heavy atom. The van der Waals surface area contributed by atoms with Crippen molar-refractivity contribution in [1.29, 1.82) is 0 Å². The number of barbiturate groups is 1. The maximum atomic E-state index is 13.1. The van der Waals surface area contributed by atoms with Gasteiger partial charge in [0.2, 0.25) is 5.91 Å². The van der Waals surface area contributed by atoms with E-state index in [0.29, 0.717) is 28.3 Å². The molecule has 1 aliphatic rings. The highest BCUT2D eigenvalue weighted by Crippen LogP contribution is 2.25. The summed E-state index contributed by atoms with van der Waals surface area (Å²) in [6, 6.07) is 20.4. The lowest BCUT2D eigenvalue weighted by molar-refractivity contribution is -0.130. The fourth-order valence-electron chi connectivity index (χ4n) is 3.77. The van der Waals surface area contributed by atoms with Crippen LogP contribution in [0.4, 0.5) is 10.5 Å². The number of imide groups is 2. The number of nitrogens with one attached hydrogen (secondary N) is 2. The predicted molar refractivity (Wildman–Crippen MR) is 137 cm³/mol. The number of anilines is 1. The highest BCUT2D eigenvalue weighted by molar-refractivity contribution is 6.30. The second kappa shape index (κ2) is 11.2. The molecule has 1 aliphatic heterocycles. The fourth-order valence-corrected chi connectivity index (χ4v) is 3.77. The van der Waals surface area contributed by atoms with E-state index in [1.54, 1.807) is 54.6 Å². The van der Waals surface area contributed by atoms with Crippen LogP contribution in [0.25, 0.3) is 6.08 Å². The third kappa shape index (κ3) is 6.21. The van der Waals surface area contributed by atoms with E-state index in [4.69, 9.17) is 9.47 Å². The molecule has 0 spiro atoms. The van der Waals surface area contributed by atoms with Crippen molar-refractivity contribution in [3.8, 4) is 11.5 Å². The monoisotopic (exact) mass is 499 g/mol. The SMILES string of the molecule is COc1ccc(/C=C2\C(=O)NC(=O)N(Cc3ccccc3)C2=O)cc1COc1ccc(NC(C)=O)cc1. The van der Waals surface area contributed by atoms with Gasteiger partial charge >= 0.3 is 6.03 Å². The number of urea groups is 1. The summed E-state index contributed by atoms with van der Waals surface area (Å²) in [7, 11) is 1.53. The summed E-state index contributed by atoms with van der Waals surface area (Å²) in [6.07, 6.45) is 1.44. The molecule has 5 amide bonds. The first kappa shape index (κ1) is 25.2. The quantitative estimate of drug-likeness (QED) is 0.359. The van der Waals surface area contributed by atoms with E-state index in [1.807, 2.05) is 18.2 Å². The van der Waals surface area contributed by atoms with Crippen molar-refractivity contribution in [1.82, 2.24) is 10.2 Å². The van der Waals surface area contributed by atoms with E-state index in [1.165, 1.54) is 20.1 Å². The van der Waals surface area contributed by atoms with Gasteiger partial charge in [-0.25, -0.2) is 4.79 Å². The predicted octanol–water partition coefficient (Wildman–Crippen LogP) is 3.89. The van der Waals surface area contributed by atoms with Crippen LogP contribution in [0.2, 0.25) is 0 Å². The number of hydrogen-bond acceptors (Lipinski definition) is 6. The van der Waals surface area contributed by atoms with Crippen molar-refractivity contribution in [2.45, 2.75) is 20.1 Å². The van der Waals surface area contributed by atoms with Crippen LogP contribution in [0.15, 0.2) is 78.4 Å². The molecular weight excluding hydrogens is 474 g/mol. The molecular formula is C28H25N3O6. The Hall–Kier alpha value is -4.92. The Morgan fingerprint density at radius 2 is 1.73 bits per heavy atom. The van der Waals surface area contributed by atoms with Gasteiger partial charge in [-0.1, -0.05) is 36.4 Å².